The molecule has 0 aliphatic carbocycles. The van der Waals surface area contributed by atoms with Crippen LogP contribution in [0.5, 0.6) is 0 Å². The maximum Gasteiger partial charge on any atom is 0.244 e. The summed E-state index contributed by atoms with van der Waals surface area (Å²) in [4.78, 5) is 39.4. The van der Waals surface area contributed by atoms with Crippen molar-refractivity contribution in [3.05, 3.63) is 64.8 Å². The van der Waals surface area contributed by atoms with E-state index in [0.29, 0.717) is 11.4 Å². The Hall–Kier alpha value is -3.46. The summed E-state index contributed by atoms with van der Waals surface area (Å²) in [5, 5.41) is 2.44. The molecule has 1 atom stereocenters. The molecule has 158 valence electrons. The van der Waals surface area contributed by atoms with E-state index in [0.717, 1.165) is 6.07 Å². The van der Waals surface area contributed by atoms with Gasteiger partial charge in [0.25, 0.3) is 0 Å². The smallest absolute Gasteiger partial charge is 0.244 e. The fraction of sp³-hybridized carbons (Fsp3) is 0.190. The summed E-state index contributed by atoms with van der Waals surface area (Å²) in [6.45, 7) is 2.76. The number of fused-ring (bicyclic) bond motifs is 3. The highest BCUT2D eigenvalue weighted by Crippen LogP contribution is 2.40. The van der Waals surface area contributed by atoms with Gasteiger partial charge in [0.15, 0.2) is 0 Å². The maximum atomic E-state index is 14.9. The quantitative estimate of drug-likeness (QED) is 0.621. The first kappa shape index (κ1) is 20.8. The van der Waals surface area contributed by atoms with Gasteiger partial charge in [-0.2, -0.15) is 4.39 Å². The largest absolute Gasteiger partial charge is 0.324 e. The van der Waals surface area contributed by atoms with E-state index >= 15 is 0 Å². The zero-order chi connectivity index (χ0) is 22.3. The molecular weight excluding hydrogens is 428 g/mol. The van der Waals surface area contributed by atoms with Gasteiger partial charge in [-0.3, -0.25) is 19.6 Å². The van der Waals surface area contributed by atoms with Crippen molar-refractivity contribution in [3.63, 3.8) is 0 Å². The Bertz CT molecular complexity index is 1220. The molecule has 0 saturated carbocycles. The van der Waals surface area contributed by atoms with Crippen LogP contribution < -0.4 is 10.2 Å². The molecule has 1 aliphatic heterocycles. The van der Waals surface area contributed by atoms with Gasteiger partial charge in [-0.25, -0.2) is 9.37 Å². The summed E-state index contributed by atoms with van der Waals surface area (Å²) in [5.41, 5.74) is 1.16. The number of aryl methyl sites for hydroxylation is 1. The number of anilines is 2. The first-order chi connectivity index (χ1) is 14.8. The van der Waals surface area contributed by atoms with Crippen molar-refractivity contribution in [1.29, 1.82) is 0 Å². The number of rotatable bonds is 3. The van der Waals surface area contributed by atoms with E-state index in [9.17, 15) is 18.4 Å². The number of nitrogens with one attached hydrogen (secondary N) is 1. The molecule has 0 fully saturated rings. The molecule has 1 aromatic carbocycles. The lowest BCUT2D eigenvalue weighted by molar-refractivity contribution is -0.122. The van der Waals surface area contributed by atoms with Crippen molar-refractivity contribution in [2.75, 3.05) is 16.8 Å². The monoisotopic (exact) mass is 443 g/mol. The van der Waals surface area contributed by atoms with Gasteiger partial charge in [-0.15, -0.1) is 0 Å². The van der Waals surface area contributed by atoms with E-state index in [-0.39, 0.29) is 27.7 Å². The van der Waals surface area contributed by atoms with Crippen molar-refractivity contribution < 1.29 is 18.4 Å². The van der Waals surface area contributed by atoms with Gasteiger partial charge in [-0.05, 0) is 38.1 Å². The zero-order valence-corrected chi connectivity index (χ0v) is 17.2. The predicted molar refractivity (Wildman–Crippen MR) is 111 cm³/mol. The normalized spacial score (nSPS) is 15.2. The SMILES string of the molecule is Cc1cc2c(c(F)n1)-c1nccnc1[C@@H](C)C(=O)N2CC(=O)Nc1ccc(Cl)c(F)c1. The highest BCUT2D eigenvalue weighted by atomic mass is 35.5. The lowest BCUT2D eigenvalue weighted by atomic mass is 10.0. The van der Waals surface area contributed by atoms with Gasteiger partial charge in [-0.1, -0.05) is 11.6 Å². The average Bonchev–Trinajstić information content (AvgIpc) is 2.80. The fourth-order valence-corrected chi connectivity index (χ4v) is 3.58. The van der Waals surface area contributed by atoms with E-state index in [1.54, 1.807) is 13.8 Å². The first-order valence-electron chi connectivity index (χ1n) is 9.31. The number of benzene rings is 1. The number of amides is 2. The number of carbonyl (C=O) groups excluding carboxylic acids is 2. The molecule has 3 aromatic rings. The molecule has 3 heterocycles. The molecule has 0 unspecified atom stereocenters. The third kappa shape index (κ3) is 3.84. The van der Waals surface area contributed by atoms with E-state index in [4.69, 9.17) is 11.6 Å². The summed E-state index contributed by atoms with van der Waals surface area (Å²) < 4.78 is 28.6. The van der Waals surface area contributed by atoms with Crippen molar-refractivity contribution in [1.82, 2.24) is 15.0 Å². The molecule has 2 amide bonds. The molecule has 0 spiro atoms. The van der Waals surface area contributed by atoms with Crippen LogP contribution in [-0.4, -0.2) is 33.3 Å². The number of halogens is 3. The molecule has 10 heteroatoms. The fourth-order valence-electron chi connectivity index (χ4n) is 3.46. The number of hydrogen-bond acceptors (Lipinski definition) is 5. The van der Waals surface area contributed by atoms with Crippen LogP contribution in [0.15, 0.2) is 36.7 Å². The molecule has 2 aromatic heterocycles. The minimum atomic E-state index is -0.816. The Morgan fingerprint density at radius 2 is 1.97 bits per heavy atom. The Morgan fingerprint density at radius 3 is 2.71 bits per heavy atom. The molecule has 1 N–H and O–H groups in total. The second kappa shape index (κ2) is 7.99. The van der Waals surface area contributed by atoms with Crippen LogP contribution in [0.2, 0.25) is 5.02 Å². The molecule has 1 aliphatic rings. The standard InChI is InChI=1S/C21H16ClF2N5O2/c1-10-7-15-17(20(24)27-10)19-18(25-5-6-26-19)11(2)21(31)29(15)9-16(30)28-12-3-4-13(22)14(23)8-12/h3-8,11H,9H2,1-2H3,(H,28,30)/t11-/m1/s1. The molecule has 7 nitrogen and oxygen atoms in total. The highest BCUT2D eigenvalue weighted by molar-refractivity contribution is 6.30. The van der Waals surface area contributed by atoms with Gasteiger partial charge in [0, 0.05) is 23.8 Å². The van der Waals surface area contributed by atoms with Gasteiger partial charge in [0.05, 0.1) is 33.6 Å². The topological polar surface area (TPSA) is 88.1 Å². The maximum absolute atomic E-state index is 14.9. The minimum Gasteiger partial charge on any atom is -0.324 e. The van der Waals surface area contributed by atoms with Crippen molar-refractivity contribution in [2.24, 2.45) is 0 Å². The minimum absolute atomic E-state index is 0.00302. The van der Waals surface area contributed by atoms with Crippen molar-refractivity contribution >= 4 is 34.8 Å². The summed E-state index contributed by atoms with van der Waals surface area (Å²) in [5.74, 6) is -3.35. The summed E-state index contributed by atoms with van der Waals surface area (Å²) >= 11 is 5.66. The Labute approximate surface area is 181 Å². The van der Waals surface area contributed by atoms with E-state index in [2.05, 4.69) is 20.3 Å². The van der Waals surface area contributed by atoms with Crippen LogP contribution in [0.3, 0.4) is 0 Å². The van der Waals surface area contributed by atoms with Gasteiger partial charge in [0.1, 0.15) is 12.4 Å². The third-order valence-electron chi connectivity index (χ3n) is 4.89. The van der Waals surface area contributed by atoms with Crippen LogP contribution in [0.4, 0.5) is 20.2 Å². The lowest BCUT2D eigenvalue weighted by Crippen LogP contribution is -2.40. The zero-order valence-electron chi connectivity index (χ0n) is 16.5. The second-order valence-electron chi connectivity index (χ2n) is 7.06. The summed E-state index contributed by atoms with van der Waals surface area (Å²) in [6, 6.07) is 5.32. The summed E-state index contributed by atoms with van der Waals surface area (Å²) in [6.07, 6.45) is 2.82. The van der Waals surface area contributed by atoms with E-state index in [1.165, 1.54) is 35.5 Å². The average molecular weight is 444 g/mol. The molecule has 31 heavy (non-hydrogen) atoms. The highest BCUT2D eigenvalue weighted by Gasteiger charge is 2.36. The van der Waals surface area contributed by atoms with Gasteiger partial charge in [0.2, 0.25) is 17.8 Å². The van der Waals surface area contributed by atoms with E-state index < -0.39 is 36.0 Å². The summed E-state index contributed by atoms with van der Waals surface area (Å²) in [7, 11) is 0. The van der Waals surface area contributed by atoms with Crippen LogP contribution in [0, 0.1) is 18.7 Å². The molecule has 0 bridgehead atoms. The number of nitrogens with zero attached hydrogens (tertiary/aromatic N) is 4. The molecule has 4 rings (SSSR count). The van der Waals surface area contributed by atoms with Crippen LogP contribution in [0.25, 0.3) is 11.3 Å². The van der Waals surface area contributed by atoms with E-state index in [1.807, 2.05) is 0 Å². The number of aromatic nitrogens is 3. The number of carbonyl (C=O) groups is 2. The molecule has 0 saturated heterocycles. The van der Waals surface area contributed by atoms with Crippen LogP contribution in [-0.2, 0) is 9.59 Å². The first-order valence-corrected chi connectivity index (χ1v) is 9.68. The molecular formula is C21H16ClF2N5O2. The Kier molecular flexibility index (Phi) is 5.36. The van der Waals surface area contributed by atoms with Crippen molar-refractivity contribution in [2.45, 2.75) is 19.8 Å². The second-order valence-corrected chi connectivity index (χ2v) is 7.47. The van der Waals surface area contributed by atoms with Crippen LogP contribution >= 0.6 is 11.6 Å². The Balaban J connectivity index is 1.75. The van der Waals surface area contributed by atoms with Crippen molar-refractivity contribution in [3.8, 4) is 11.3 Å². The third-order valence-corrected chi connectivity index (χ3v) is 5.19. The van der Waals surface area contributed by atoms with Crippen LogP contribution in [0.1, 0.15) is 24.2 Å². The Morgan fingerprint density at radius 1 is 1.23 bits per heavy atom. The molecule has 0 radical (unpaired) electrons. The number of hydrogen-bond donors (Lipinski definition) is 1. The van der Waals surface area contributed by atoms with Gasteiger partial charge < -0.3 is 10.2 Å². The lowest BCUT2D eigenvalue weighted by Gasteiger charge is -2.24. The predicted octanol–water partition coefficient (Wildman–Crippen LogP) is 3.87. The van der Waals surface area contributed by atoms with Gasteiger partial charge >= 0.3 is 0 Å². The number of pyridine rings is 1.